The van der Waals surface area contributed by atoms with Crippen molar-refractivity contribution in [2.45, 2.75) is 6.61 Å². The summed E-state index contributed by atoms with van der Waals surface area (Å²) >= 11 is 17.7. The minimum absolute atomic E-state index is 0.188. The van der Waals surface area contributed by atoms with Gasteiger partial charge >= 0.3 is 0 Å². The fraction of sp³-hybridized carbons (Fsp3) is 0.120. The Bertz CT molecular complexity index is 1300. The molecule has 3 aromatic rings. The van der Waals surface area contributed by atoms with Crippen LogP contribution in [0.2, 0.25) is 10.0 Å². The van der Waals surface area contributed by atoms with Crippen LogP contribution in [0.5, 0.6) is 17.2 Å². The van der Waals surface area contributed by atoms with Gasteiger partial charge in [-0.25, -0.2) is 4.90 Å². The van der Waals surface area contributed by atoms with Gasteiger partial charge in [0.1, 0.15) is 34.6 Å². The van der Waals surface area contributed by atoms with E-state index in [9.17, 15) is 4.79 Å². The molecule has 1 amide bonds. The average Bonchev–Trinajstić information content (AvgIpc) is 3.12. The molecule has 0 spiro atoms. The van der Waals surface area contributed by atoms with Crippen LogP contribution in [0.4, 0.5) is 5.69 Å². The van der Waals surface area contributed by atoms with E-state index in [1.54, 1.807) is 56.7 Å². The number of rotatable bonds is 7. The summed E-state index contributed by atoms with van der Waals surface area (Å²) in [5.41, 5.74) is 2.43. The third-order valence-electron chi connectivity index (χ3n) is 5.12. The van der Waals surface area contributed by atoms with Crippen molar-refractivity contribution in [1.82, 2.24) is 5.32 Å². The van der Waals surface area contributed by atoms with E-state index in [0.717, 1.165) is 11.1 Å². The molecule has 1 N–H and O–H groups in total. The Labute approximate surface area is 212 Å². The summed E-state index contributed by atoms with van der Waals surface area (Å²) < 4.78 is 16.7. The van der Waals surface area contributed by atoms with Gasteiger partial charge in [-0.3, -0.25) is 4.79 Å². The van der Waals surface area contributed by atoms with Gasteiger partial charge in [-0.15, -0.1) is 0 Å². The van der Waals surface area contributed by atoms with Crippen molar-refractivity contribution < 1.29 is 19.0 Å². The van der Waals surface area contributed by atoms with Crippen LogP contribution in [0.25, 0.3) is 6.08 Å². The van der Waals surface area contributed by atoms with Crippen molar-refractivity contribution in [2.75, 3.05) is 19.1 Å². The van der Waals surface area contributed by atoms with Gasteiger partial charge in [-0.1, -0.05) is 47.5 Å². The molecule has 4 rings (SSSR count). The number of anilines is 1. The zero-order chi connectivity index (χ0) is 24.2. The number of benzene rings is 3. The Balaban J connectivity index is 1.60. The highest BCUT2D eigenvalue weighted by molar-refractivity contribution is 7.80. The number of hydrogen-bond donors (Lipinski definition) is 1. The summed E-state index contributed by atoms with van der Waals surface area (Å²) in [5.74, 6) is 1.36. The van der Waals surface area contributed by atoms with Crippen LogP contribution in [0, 0.1) is 0 Å². The Morgan fingerprint density at radius 3 is 2.47 bits per heavy atom. The van der Waals surface area contributed by atoms with E-state index in [0.29, 0.717) is 38.7 Å². The first-order valence-corrected chi connectivity index (χ1v) is 11.3. The van der Waals surface area contributed by atoms with Gasteiger partial charge in [-0.05, 0) is 60.3 Å². The zero-order valence-corrected chi connectivity index (χ0v) is 20.6. The van der Waals surface area contributed by atoms with Gasteiger partial charge in [0, 0.05) is 5.56 Å². The van der Waals surface area contributed by atoms with Crippen LogP contribution in [0.3, 0.4) is 0 Å². The quantitative estimate of drug-likeness (QED) is 0.315. The number of methoxy groups -OCH3 is 2. The number of halogens is 2. The predicted octanol–water partition coefficient (Wildman–Crippen LogP) is 5.85. The molecule has 0 saturated carbocycles. The molecule has 0 radical (unpaired) electrons. The molecule has 34 heavy (non-hydrogen) atoms. The number of carbonyl (C=O) groups is 1. The molecule has 1 heterocycles. The standard InChI is InChI=1S/C25H20Cl2N2O4S/c1-31-20-11-10-15(12-16(20)14-33-22-9-5-6-17(26)23(22)27)13-18-24(30)29(25(34)28-18)19-7-3-4-8-21(19)32-2/h3-13H,14H2,1-2H3,(H,28,34)/b18-13+. The topological polar surface area (TPSA) is 60.0 Å². The second kappa shape index (κ2) is 10.3. The Hall–Kier alpha value is -3.26. The molecule has 1 aliphatic rings. The summed E-state index contributed by atoms with van der Waals surface area (Å²) in [7, 11) is 3.12. The summed E-state index contributed by atoms with van der Waals surface area (Å²) in [6.07, 6.45) is 1.72. The molecule has 6 nitrogen and oxygen atoms in total. The maximum absolute atomic E-state index is 13.2. The third kappa shape index (κ3) is 4.82. The molecule has 1 saturated heterocycles. The fourth-order valence-electron chi connectivity index (χ4n) is 3.49. The molecule has 0 bridgehead atoms. The van der Waals surface area contributed by atoms with Crippen LogP contribution in [0.1, 0.15) is 11.1 Å². The number of hydrogen-bond acceptors (Lipinski definition) is 5. The van der Waals surface area contributed by atoms with E-state index in [1.165, 1.54) is 4.90 Å². The van der Waals surface area contributed by atoms with Crippen molar-refractivity contribution in [3.8, 4) is 17.2 Å². The van der Waals surface area contributed by atoms with Crippen LogP contribution >= 0.6 is 35.4 Å². The molecular weight excluding hydrogens is 495 g/mol. The van der Waals surface area contributed by atoms with Gasteiger partial charge in [-0.2, -0.15) is 0 Å². The van der Waals surface area contributed by atoms with Crippen LogP contribution in [-0.2, 0) is 11.4 Å². The second-order valence-electron chi connectivity index (χ2n) is 7.21. The minimum atomic E-state index is -0.283. The lowest BCUT2D eigenvalue weighted by atomic mass is 10.1. The normalized spacial score (nSPS) is 14.4. The van der Waals surface area contributed by atoms with Gasteiger partial charge in [0.15, 0.2) is 5.11 Å². The minimum Gasteiger partial charge on any atom is -0.496 e. The maximum atomic E-state index is 13.2. The van der Waals surface area contributed by atoms with Crippen molar-refractivity contribution in [3.05, 3.63) is 87.5 Å². The predicted molar refractivity (Wildman–Crippen MR) is 138 cm³/mol. The van der Waals surface area contributed by atoms with Gasteiger partial charge in [0.2, 0.25) is 0 Å². The van der Waals surface area contributed by atoms with Crippen LogP contribution in [0.15, 0.2) is 66.4 Å². The van der Waals surface area contributed by atoms with Crippen molar-refractivity contribution in [1.29, 1.82) is 0 Å². The zero-order valence-electron chi connectivity index (χ0n) is 18.3. The van der Waals surface area contributed by atoms with E-state index < -0.39 is 0 Å². The summed E-state index contributed by atoms with van der Waals surface area (Å²) in [6.45, 7) is 0.188. The summed E-state index contributed by atoms with van der Waals surface area (Å²) in [5, 5.41) is 4.01. The van der Waals surface area contributed by atoms with Crippen molar-refractivity contribution in [3.63, 3.8) is 0 Å². The first-order chi connectivity index (χ1) is 16.4. The maximum Gasteiger partial charge on any atom is 0.281 e. The Morgan fingerprint density at radius 2 is 1.71 bits per heavy atom. The molecule has 174 valence electrons. The SMILES string of the molecule is COc1ccc(/C=C2/NC(=S)N(c3ccccc3OC)C2=O)cc1COc1cccc(Cl)c1Cl. The molecule has 0 atom stereocenters. The molecule has 0 unspecified atom stereocenters. The Morgan fingerprint density at radius 1 is 0.971 bits per heavy atom. The first-order valence-electron chi connectivity index (χ1n) is 10.2. The lowest BCUT2D eigenvalue weighted by Gasteiger charge is -2.17. The molecule has 1 fully saturated rings. The van der Waals surface area contributed by atoms with Crippen molar-refractivity contribution in [2.24, 2.45) is 0 Å². The second-order valence-corrected chi connectivity index (χ2v) is 8.38. The van der Waals surface area contributed by atoms with Crippen molar-refractivity contribution >= 4 is 58.2 Å². The van der Waals surface area contributed by atoms with E-state index in [2.05, 4.69) is 5.32 Å². The fourth-order valence-corrected chi connectivity index (χ4v) is 4.12. The summed E-state index contributed by atoms with van der Waals surface area (Å²) in [6, 6.07) is 17.9. The molecule has 1 aliphatic heterocycles. The van der Waals surface area contributed by atoms with E-state index in [1.807, 2.05) is 24.3 Å². The smallest absolute Gasteiger partial charge is 0.281 e. The average molecular weight is 515 g/mol. The van der Waals surface area contributed by atoms with E-state index in [4.69, 9.17) is 49.6 Å². The highest BCUT2D eigenvalue weighted by Gasteiger charge is 2.33. The molecule has 9 heteroatoms. The Kier molecular flexibility index (Phi) is 7.26. The van der Waals surface area contributed by atoms with Gasteiger partial charge in [0.25, 0.3) is 5.91 Å². The molecule has 3 aromatic carbocycles. The number of nitrogens with one attached hydrogen (secondary N) is 1. The number of carbonyl (C=O) groups excluding carboxylic acids is 1. The highest BCUT2D eigenvalue weighted by Crippen LogP contribution is 2.34. The largest absolute Gasteiger partial charge is 0.496 e. The van der Waals surface area contributed by atoms with E-state index in [-0.39, 0.29) is 17.6 Å². The molecular formula is C25H20Cl2N2O4S. The lowest BCUT2D eigenvalue weighted by molar-refractivity contribution is -0.113. The number of para-hydroxylation sites is 2. The van der Waals surface area contributed by atoms with Gasteiger partial charge < -0.3 is 19.5 Å². The molecule has 0 aromatic heterocycles. The van der Waals surface area contributed by atoms with E-state index >= 15 is 0 Å². The number of ether oxygens (including phenoxy) is 3. The monoisotopic (exact) mass is 514 g/mol. The lowest BCUT2D eigenvalue weighted by Crippen LogP contribution is -2.30. The number of nitrogens with zero attached hydrogens (tertiary/aromatic N) is 1. The highest BCUT2D eigenvalue weighted by atomic mass is 35.5. The summed E-state index contributed by atoms with van der Waals surface area (Å²) in [4.78, 5) is 14.6. The van der Waals surface area contributed by atoms with Crippen LogP contribution in [-0.4, -0.2) is 25.2 Å². The van der Waals surface area contributed by atoms with Crippen LogP contribution < -0.4 is 24.4 Å². The number of thiocarbonyl (C=S) groups is 1. The van der Waals surface area contributed by atoms with Gasteiger partial charge in [0.05, 0.1) is 24.9 Å². The molecule has 0 aliphatic carbocycles. The first kappa shape index (κ1) is 23.9. The number of amides is 1. The third-order valence-corrected chi connectivity index (χ3v) is 6.21.